The van der Waals surface area contributed by atoms with E-state index in [-0.39, 0.29) is 30.4 Å². The molecule has 0 aromatic heterocycles. The fourth-order valence-electron chi connectivity index (χ4n) is 2.29. The van der Waals surface area contributed by atoms with Crippen LogP contribution in [0.4, 0.5) is 18.9 Å². The summed E-state index contributed by atoms with van der Waals surface area (Å²) < 4.78 is 39.7. The van der Waals surface area contributed by atoms with Gasteiger partial charge >= 0.3 is 0 Å². The summed E-state index contributed by atoms with van der Waals surface area (Å²) in [5, 5.41) is 12.8. The van der Waals surface area contributed by atoms with Gasteiger partial charge < -0.3 is 16.2 Å². The second-order valence-corrected chi connectivity index (χ2v) is 4.46. The van der Waals surface area contributed by atoms with E-state index < -0.39 is 29.7 Å². The van der Waals surface area contributed by atoms with Gasteiger partial charge in [0.1, 0.15) is 23.3 Å². The zero-order chi connectivity index (χ0) is 14.0. The van der Waals surface area contributed by atoms with Gasteiger partial charge in [-0.1, -0.05) is 6.07 Å². The van der Waals surface area contributed by atoms with Gasteiger partial charge in [0, 0.05) is 31.7 Å². The Bertz CT molecular complexity index is 460. The van der Waals surface area contributed by atoms with Gasteiger partial charge in [-0.05, 0) is 6.07 Å². The molecule has 4 nitrogen and oxygen atoms in total. The largest absolute Gasteiger partial charge is 0.505 e. The van der Waals surface area contributed by atoms with Crippen LogP contribution in [0.2, 0.25) is 0 Å². The van der Waals surface area contributed by atoms with E-state index in [2.05, 4.69) is 5.32 Å². The highest BCUT2D eigenvalue weighted by Crippen LogP contribution is 2.37. The number of piperazine rings is 1. The number of hydrogen-bond acceptors (Lipinski definition) is 4. The number of alkyl halides is 2. The molecule has 1 aromatic carbocycles. The first-order chi connectivity index (χ1) is 9.02. The summed E-state index contributed by atoms with van der Waals surface area (Å²) in [6, 6.07) is 0.895. The van der Waals surface area contributed by atoms with E-state index in [1.54, 1.807) is 4.90 Å². The number of nitrogen functional groups attached to an aromatic ring is 1. The third-order valence-electron chi connectivity index (χ3n) is 3.30. The van der Waals surface area contributed by atoms with Gasteiger partial charge in [-0.2, -0.15) is 0 Å². The Morgan fingerprint density at radius 3 is 2.29 bits per heavy atom. The Morgan fingerprint density at radius 2 is 1.76 bits per heavy atom. The number of phenols is 1. The van der Waals surface area contributed by atoms with Gasteiger partial charge in [-0.15, -0.1) is 24.8 Å². The van der Waals surface area contributed by atoms with Crippen LogP contribution in [0, 0.1) is 5.82 Å². The number of nitrogens with zero attached hydrogens (tertiary/aromatic N) is 1. The number of nitrogens with one attached hydrogen (secondary N) is 1. The molecular weight excluding hydrogens is 330 g/mol. The lowest BCUT2D eigenvalue weighted by atomic mass is 10.0. The van der Waals surface area contributed by atoms with Crippen molar-refractivity contribution in [2.45, 2.75) is 12.5 Å². The number of anilines is 1. The van der Waals surface area contributed by atoms with Gasteiger partial charge in [0.15, 0.2) is 0 Å². The van der Waals surface area contributed by atoms with Crippen LogP contribution in [-0.2, 0) is 0 Å². The van der Waals surface area contributed by atoms with Crippen molar-refractivity contribution >= 4 is 30.5 Å². The lowest BCUT2D eigenvalue weighted by Crippen LogP contribution is -2.46. The monoisotopic (exact) mass is 347 g/mol. The van der Waals surface area contributed by atoms with Gasteiger partial charge in [-0.3, -0.25) is 4.90 Å². The highest BCUT2D eigenvalue weighted by atomic mass is 35.5. The van der Waals surface area contributed by atoms with E-state index in [0.29, 0.717) is 26.2 Å². The molecule has 0 aliphatic carbocycles. The minimum Gasteiger partial charge on any atom is -0.505 e. The molecule has 0 radical (unpaired) electrons. The normalized spacial score (nSPS) is 17.0. The van der Waals surface area contributed by atoms with Crippen LogP contribution >= 0.6 is 24.8 Å². The molecule has 1 saturated heterocycles. The van der Waals surface area contributed by atoms with Crippen molar-refractivity contribution in [3.63, 3.8) is 0 Å². The standard InChI is InChI=1S/C12H16F3N3O.2ClH/c13-8-2-1-7(11(19)9(8)16)10(12(14)15)18-5-3-17-4-6-18;;/h1-2,10,12,17,19H,3-6,16H2;2*1H/t10-;;/m0../s1. The molecule has 0 unspecified atom stereocenters. The minimum atomic E-state index is -2.69. The van der Waals surface area contributed by atoms with Crippen molar-refractivity contribution in [2.75, 3.05) is 31.9 Å². The Kier molecular flexibility index (Phi) is 8.17. The molecule has 1 fully saturated rings. The van der Waals surface area contributed by atoms with E-state index in [9.17, 15) is 18.3 Å². The lowest BCUT2D eigenvalue weighted by molar-refractivity contribution is 0.0170. The van der Waals surface area contributed by atoms with E-state index >= 15 is 0 Å². The molecule has 1 aliphatic heterocycles. The molecule has 1 atom stereocenters. The number of benzene rings is 1. The predicted octanol–water partition coefficient (Wildman–Crippen LogP) is 2.17. The zero-order valence-corrected chi connectivity index (χ0v) is 12.7. The Labute approximate surface area is 133 Å². The number of aromatic hydroxyl groups is 1. The number of rotatable bonds is 3. The summed E-state index contributed by atoms with van der Waals surface area (Å²) in [6.45, 7) is 2.07. The molecule has 4 N–H and O–H groups in total. The fourth-order valence-corrected chi connectivity index (χ4v) is 2.29. The number of halogens is 5. The second kappa shape index (κ2) is 8.53. The highest BCUT2D eigenvalue weighted by Gasteiger charge is 2.32. The molecule has 122 valence electrons. The first-order valence-corrected chi connectivity index (χ1v) is 6.02. The average Bonchev–Trinajstić information content (AvgIpc) is 2.40. The molecule has 0 saturated carbocycles. The second-order valence-electron chi connectivity index (χ2n) is 4.46. The number of nitrogens with two attached hydrogens (primary N) is 1. The Balaban J connectivity index is 0.00000200. The van der Waals surface area contributed by atoms with Crippen LogP contribution < -0.4 is 11.1 Å². The summed E-state index contributed by atoms with van der Waals surface area (Å²) in [5.74, 6) is -1.40. The zero-order valence-electron chi connectivity index (χ0n) is 11.1. The summed E-state index contributed by atoms with van der Waals surface area (Å²) in [5.41, 5.74) is 4.83. The van der Waals surface area contributed by atoms with Crippen molar-refractivity contribution in [3.8, 4) is 5.75 Å². The maximum absolute atomic E-state index is 13.3. The van der Waals surface area contributed by atoms with Gasteiger partial charge in [-0.25, -0.2) is 13.2 Å². The summed E-state index contributed by atoms with van der Waals surface area (Å²) in [4.78, 5) is 1.56. The topological polar surface area (TPSA) is 61.5 Å². The maximum Gasteiger partial charge on any atom is 0.258 e. The molecule has 1 aliphatic rings. The number of phenolic OH excluding ortho intramolecular Hbond substituents is 1. The quantitative estimate of drug-likeness (QED) is 0.579. The molecule has 1 aromatic rings. The van der Waals surface area contributed by atoms with Crippen molar-refractivity contribution in [3.05, 3.63) is 23.5 Å². The van der Waals surface area contributed by atoms with Crippen LogP contribution in [0.5, 0.6) is 5.75 Å². The van der Waals surface area contributed by atoms with Crippen LogP contribution in [0.3, 0.4) is 0 Å². The van der Waals surface area contributed by atoms with Crippen LogP contribution in [0.25, 0.3) is 0 Å². The van der Waals surface area contributed by atoms with E-state index in [1.165, 1.54) is 6.07 Å². The summed E-state index contributed by atoms with van der Waals surface area (Å²) in [7, 11) is 0. The lowest BCUT2D eigenvalue weighted by Gasteiger charge is -2.35. The summed E-state index contributed by atoms with van der Waals surface area (Å²) in [6.07, 6.45) is -2.69. The fraction of sp³-hybridized carbons (Fsp3) is 0.500. The molecular formula is C12H18Cl2F3N3O. The Hall–Kier alpha value is -0.890. The van der Waals surface area contributed by atoms with Crippen LogP contribution in [-0.4, -0.2) is 42.6 Å². The highest BCUT2D eigenvalue weighted by molar-refractivity contribution is 5.85. The molecule has 0 spiro atoms. The van der Waals surface area contributed by atoms with E-state index in [1.807, 2.05) is 0 Å². The maximum atomic E-state index is 13.3. The van der Waals surface area contributed by atoms with E-state index in [0.717, 1.165) is 6.07 Å². The van der Waals surface area contributed by atoms with Crippen molar-refractivity contribution < 1.29 is 18.3 Å². The molecule has 2 rings (SSSR count). The first-order valence-electron chi connectivity index (χ1n) is 6.02. The average molecular weight is 348 g/mol. The van der Waals surface area contributed by atoms with Crippen molar-refractivity contribution in [2.24, 2.45) is 0 Å². The molecule has 0 amide bonds. The summed E-state index contributed by atoms with van der Waals surface area (Å²) >= 11 is 0. The van der Waals surface area contributed by atoms with Crippen molar-refractivity contribution in [1.82, 2.24) is 10.2 Å². The minimum absolute atomic E-state index is 0. The SMILES string of the molecule is Cl.Cl.Nc1c(F)ccc([C@@H](C(F)F)N2CCNCC2)c1O. The van der Waals surface area contributed by atoms with Crippen molar-refractivity contribution in [1.29, 1.82) is 0 Å². The van der Waals surface area contributed by atoms with Crippen LogP contribution in [0.15, 0.2) is 12.1 Å². The molecule has 9 heteroatoms. The molecule has 1 heterocycles. The third kappa shape index (κ3) is 4.29. The molecule has 0 bridgehead atoms. The van der Waals surface area contributed by atoms with Gasteiger partial charge in [0.25, 0.3) is 6.43 Å². The third-order valence-corrected chi connectivity index (χ3v) is 3.30. The van der Waals surface area contributed by atoms with Gasteiger partial charge in [0.2, 0.25) is 0 Å². The van der Waals surface area contributed by atoms with Gasteiger partial charge in [0.05, 0.1) is 0 Å². The molecule has 21 heavy (non-hydrogen) atoms. The first kappa shape index (κ1) is 20.1. The smallest absolute Gasteiger partial charge is 0.258 e. The van der Waals surface area contributed by atoms with Crippen LogP contribution in [0.1, 0.15) is 11.6 Å². The Morgan fingerprint density at radius 1 is 1.19 bits per heavy atom. The van der Waals surface area contributed by atoms with E-state index in [4.69, 9.17) is 5.73 Å². The predicted molar refractivity (Wildman–Crippen MR) is 80.2 cm³/mol. The number of hydrogen-bond donors (Lipinski definition) is 3.